The Morgan fingerprint density at radius 1 is 1.23 bits per heavy atom. The van der Waals surface area contributed by atoms with Crippen molar-refractivity contribution < 1.29 is 9.53 Å². The molecule has 1 aromatic rings. The van der Waals surface area contributed by atoms with Crippen LogP contribution in [0.4, 0.5) is 0 Å². The minimum absolute atomic E-state index is 0.0937. The molecule has 1 heterocycles. The van der Waals surface area contributed by atoms with E-state index in [0.29, 0.717) is 6.42 Å². The third-order valence-electron chi connectivity index (χ3n) is 4.28. The van der Waals surface area contributed by atoms with Crippen LogP contribution in [0.3, 0.4) is 0 Å². The van der Waals surface area contributed by atoms with Gasteiger partial charge in [-0.1, -0.05) is 36.8 Å². The fourth-order valence-corrected chi connectivity index (χ4v) is 3.01. The average Bonchev–Trinajstić information content (AvgIpc) is 2.74. The zero-order chi connectivity index (χ0) is 15.8. The van der Waals surface area contributed by atoms with Gasteiger partial charge in [-0.25, -0.2) is 0 Å². The lowest BCUT2D eigenvalue weighted by Gasteiger charge is -2.31. The first-order valence-electron chi connectivity index (χ1n) is 8.25. The molecule has 4 nitrogen and oxygen atoms in total. The number of benzene rings is 1. The van der Waals surface area contributed by atoms with Gasteiger partial charge in [0.05, 0.1) is 0 Å². The van der Waals surface area contributed by atoms with E-state index in [1.54, 1.807) is 7.11 Å². The van der Waals surface area contributed by atoms with Gasteiger partial charge in [0.2, 0.25) is 5.91 Å². The Hall–Kier alpha value is -1.39. The third kappa shape index (κ3) is 5.11. The lowest BCUT2D eigenvalue weighted by atomic mass is 10.2. The van der Waals surface area contributed by atoms with Crippen molar-refractivity contribution in [3.05, 3.63) is 35.9 Å². The number of methoxy groups -OCH3 is 1. The molecule has 1 atom stereocenters. The number of carbonyl (C=O) groups is 1. The van der Waals surface area contributed by atoms with E-state index in [9.17, 15) is 4.79 Å². The van der Waals surface area contributed by atoms with E-state index in [1.165, 1.54) is 5.56 Å². The first-order chi connectivity index (χ1) is 10.7. The number of amides is 1. The number of hydrogen-bond acceptors (Lipinski definition) is 3. The third-order valence-corrected chi connectivity index (χ3v) is 4.28. The Kier molecular flexibility index (Phi) is 6.87. The number of likely N-dealkylation sites (tertiary alicyclic amines) is 1. The van der Waals surface area contributed by atoms with Crippen molar-refractivity contribution in [3.8, 4) is 0 Å². The monoisotopic (exact) mass is 304 g/mol. The summed E-state index contributed by atoms with van der Waals surface area (Å²) in [6.45, 7) is 2.67. The molecule has 1 aromatic carbocycles. The molecule has 4 heteroatoms. The zero-order valence-corrected chi connectivity index (χ0v) is 13.8. The SMILES string of the molecule is COC(CCN(C)Cc1ccccc1)N1CCCCCC1=O. The summed E-state index contributed by atoms with van der Waals surface area (Å²) in [6.07, 6.45) is 4.67. The molecule has 0 N–H and O–H groups in total. The molecule has 1 aliphatic heterocycles. The van der Waals surface area contributed by atoms with Gasteiger partial charge in [0, 0.05) is 39.6 Å². The van der Waals surface area contributed by atoms with Crippen LogP contribution in [-0.4, -0.2) is 49.2 Å². The summed E-state index contributed by atoms with van der Waals surface area (Å²) in [5.74, 6) is 0.245. The Bertz CT molecular complexity index is 450. The van der Waals surface area contributed by atoms with Crippen LogP contribution < -0.4 is 0 Å². The lowest BCUT2D eigenvalue weighted by Crippen LogP contribution is -2.42. The van der Waals surface area contributed by atoms with Crippen molar-refractivity contribution in [1.82, 2.24) is 9.80 Å². The molecule has 0 aromatic heterocycles. The second-order valence-electron chi connectivity index (χ2n) is 6.10. The Morgan fingerprint density at radius 3 is 2.73 bits per heavy atom. The molecular weight excluding hydrogens is 276 g/mol. The van der Waals surface area contributed by atoms with Gasteiger partial charge < -0.3 is 14.5 Å². The van der Waals surface area contributed by atoms with Crippen LogP contribution in [0.2, 0.25) is 0 Å². The summed E-state index contributed by atoms with van der Waals surface area (Å²) in [4.78, 5) is 16.4. The highest BCUT2D eigenvalue weighted by molar-refractivity contribution is 5.76. The van der Waals surface area contributed by atoms with Crippen molar-refractivity contribution in [3.63, 3.8) is 0 Å². The Labute approximate surface area is 134 Å². The van der Waals surface area contributed by atoms with Gasteiger partial charge in [-0.2, -0.15) is 0 Å². The summed E-state index contributed by atoms with van der Waals surface area (Å²) < 4.78 is 5.59. The van der Waals surface area contributed by atoms with Crippen molar-refractivity contribution in [2.75, 3.05) is 27.2 Å². The number of hydrogen-bond donors (Lipinski definition) is 0. The van der Waals surface area contributed by atoms with E-state index < -0.39 is 0 Å². The van der Waals surface area contributed by atoms with E-state index >= 15 is 0 Å². The van der Waals surface area contributed by atoms with Crippen molar-refractivity contribution in [1.29, 1.82) is 0 Å². The molecule has 1 aliphatic rings. The van der Waals surface area contributed by atoms with E-state index in [4.69, 9.17) is 4.74 Å². The van der Waals surface area contributed by atoms with Gasteiger partial charge in [-0.3, -0.25) is 4.79 Å². The van der Waals surface area contributed by atoms with Crippen LogP contribution in [0.5, 0.6) is 0 Å². The minimum atomic E-state index is -0.0937. The average molecular weight is 304 g/mol. The largest absolute Gasteiger partial charge is 0.361 e. The fraction of sp³-hybridized carbons (Fsp3) is 0.611. The molecule has 1 fully saturated rings. The van der Waals surface area contributed by atoms with Gasteiger partial charge in [0.25, 0.3) is 0 Å². The maximum atomic E-state index is 12.2. The number of nitrogens with zero attached hydrogens (tertiary/aromatic N) is 2. The van der Waals surface area contributed by atoms with Crippen LogP contribution in [0, 0.1) is 0 Å². The summed E-state index contributed by atoms with van der Waals surface area (Å²) in [7, 11) is 3.82. The van der Waals surface area contributed by atoms with Crippen LogP contribution in [0.15, 0.2) is 30.3 Å². The predicted molar refractivity (Wildman–Crippen MR) is 88.4 cm³/mol. The van der Waals surface area contributed by atoms with Gasteiger partial charge in [0.15, 0.2) is 0 Å². The molecule has 0 bridgehead atoms. The normalized spacial score (nSPS) is 17.6. The molecule has 2 rings (SSSR count). The quantitative estimate of drug-likeness (QED) is 0.776. The van der Waals surface area contributed by atoms with E-state index in [2.05, 4.69) is 36.2 Å². The maximum absolute atomic E-state index is 12.2. The zero-order valence-electron chi connectivity index (χ0n) is 13.8. The second-order valence-corrected chi connectivity index (χ2v) is 6.10. The molecule has 122 valence electrons. The van der Waals surface area contributed by atoms with Crippen LogP contribution in [0.1, 0.15) is 37.7 Å². The first-order valence-corrected chi connectivity index (χ1v) is 8.25. The van der Waals surface area contributed by atoms with Gasteiger partial charge in [-0.05, 0) is 25.5 Å². The Balaban J connectivity index is 1.83. The van der Waals surface area contributed by atoms with Crippen LogP contribution in [-0.2, 0) is 16.1 Å². The highest BCUT2D eigenvalue weighted by atomic mass is 16.5. The number of carbonyl (C=O) groups excluding carboxylic acids is 1. The van der Waals surface area contributed by atoms with Crippen molar-refractivity contribution >= 4 is 5.91 Å². The molecule has 22 heavy (non-hydrogen) atoms. The topological polar surface area (TPSA) is 32.8 Å². The van der Waals surface area contributed by atoms with Gasteiger partial charge >= 0.3 is 0 Å². The smallest absolute Gasteiger partial charge is 0.224 e. The summed E-state index contributed by atoms with van der Waals surface area (Å²) in [5.41, 5.74) is 1.31. The summed E-state index contributed by atoms with van der Waals surface area (Å²) in [5, 5.41) is 0. The van der Waals surface area contributed by atoms with Gasteiger partial charge in [-0.15, -0.1) is 0 Å². The Morgan fingerprint density at radius 2 is 2.00 bits per heavy atom. The molecule has 1 saturated heterocycles. The summed E-state index contributed by atoms with van der Waals surface area (Å²) in [6, 6.07) is 10.5. The lowest BCUT2D eigenvalue weighted by molar-refractivity contribution is -0.144. The van der Waals surface area contributed by atoms with E-state index in [1.807, 2.05) is 11.0 Å². The molecular formula is C18H28N2O2. The first kappa shape index (κ1) is 17.0. The molecule has 0 spiro atoms. The second kappa shape index (κ2) is 8.91. The maximum Gasteiger partial charge on any atom is 0.224 e. The fourth-order valence-electron chi connectivity index (χ4n) is 3.01. The summed E-state index contributed by atoms with van der Waals surface area (Å²) >= 11 is 0. The molecule has 1 unspecified atom stereocenters. The highest BCUT2D eigenvalue weighted by Crippen LogP contribution is 2.16. The highest BCUT2D eigenvalue weighted by Gasteiger charge is 2.24. The molecule has 0 saturated carbocycles. The predicted octanol–water partition coefficient (Wildman–Crippen LogP) is 2.88. The molecule has 0 radical (unpaired) electrons. The van der Waals surface area contributed by atoms with Crippen LogP contribution >= 0.6 is 0 Å². The molecule has 1 amide bonds. The minimum Gasteiger partial charge on any atom is -0.361 e. The van der Waals surface area contributed by atoms with Crippen molar-refractivity contribution in [2.24, 2.45) is 0 Å². The number of ether oxygens (including phenoxy) is 1. The van der Waals surface area contributed by atoms with E-state index in [-0.39, 0.29) is 12.1 Å². The van der Waals surface area contributed by atoms with Gasteiger partial charge in [0.1, 0.15) is 6.23 Å². The van der Waals surface area contributed by atoms with Crippen LogP contribution in [0.25, 0.3) is 0 Å². The standard InChI is InChI=1S/C18H28N2O2/c1-19(15-16-9-5-3-6-10-16)14-12-18(22-2)20-13-8-4-7-11-17(20)21/h3,5-6,9-10,18H,4,7-8,11-15H2,1-2H3. The number of rotatable bonds is 7. The van der Waals surface area contributed by atoms with Crippen molar-refractivity contribution in [2.45, 2.75) is 44.9 Å². The molecule has 0 aliphatic carbocycles. The van der Waals surface area contributed by atoms with E-state index in [0.717, 1.165) is 45.3 Å².